The Balaban J connectivity index is 1.63. The number of fused-ring (bicyclic) bond motifs is 1. The molecule has 1 N–H and O–H groups in total. The van der Waals surface area contributed by atoms with Crippen molar-refractivity contribution in [3.05, 3.63) is 54.6 Å². The molecular weight excluding hydrogens is 387 g/mol. The van der Waals surface area contributed by atoms with E-state index in [1.165, 1.54) is 12.1 Å². The van der Waals surface area contributed by atoms with Crippen LogP contribution in [0.2, 0.25) is 0 Å². The first-order valence-corrected chi connectivity index (χ1v) is 9.89. The van der Waals surface area contributed by atoms with Gasteiger partial charge in [0.25, 0.3) is 0 Å². The number of nitrogens with zero attached hydrogens (tertiary/aromatic N) is 5. The number of imidazole rings is 1. The van der Waals surface area contributed by atoms with Gasteiger partial charge < -0.3 is 15.1 Å². The van der Waals surface area contributed by atoms with Crippen LogP contribution in [-0.4, -0.2) is 65.0 Å². The molecule has 30 heavy (non-hydrogen) atoms. The van der Waals surface area contributed by atoms with Crippen LogP contribution in [0.25, 0.3) is 22.5 Å². The number of pyridine rings is 1. The van der Waals surface area contributed by atoms with Gasteiger partial charge in [-0.05, 0) is 36.4 Å². The fourth-order valence-electron chi connectivity index (χ4n) is 3.80. The van der Waals surface area contributed by atoms with Gasteiger partial charge in [-0.25, -0.2) is 18.8 Å². The minimum absolute atomic E-state index is 0.0852. The summed E-state index contributed by atoms with van der Waals surface area (Å²) in [5.41, 5.74) is 6.49. The number of carbonyl (C=O) groups is 1. The molecule has 0 saturated carbocycles. The lowest BCUT2D eigenvalue weighted by molar-refractivity contribution is 0.0547. The molecule has 2 amide bonds. The zero-order chi connectivity index (χ0) is 20.5. The molecular formula is C21H21FN6O2. The number of benzene rings is 1. The third-order valence-electron chi connectivity index (χ3n) is 5.29. The van der Waals surface area contributed by atoms with E-state index in [2.05, 4.69) is 10.4 Å². The molecule has 5 rings (SSSR count). The highest BCUT2D eigenvalue weighted by Crippen LogP contribution is 2.36. The van der Waals surface area contributed by atoms with E-state index in [4.69, 9.17) is 9.72 Å². The molecule has 154 valence electrons. The number of urea groups is 1. The van der Waals surface area contributed by atoms with Gasteiger partial charge in [-0.2, -0.15) is 0 Å². The molecule has 9 heteroatoms. The maximum absolute atomic E-state index is 13.5. The van der Waals surface area contributed by atoms with Crippen LogP contribution in [-0.2, 0) is 4.74 Å². The van der Waals surface area contributed by atoms with Gasteiger partial charge in [-0.3, -0.25) is 9.88 Å². The summed E-state index contributed by atoms with van der Waals surface area (Å²) in [6.07, 6.45) is 3.42. The van der Waals surface area contributed by atoms with Crippen LogP contribution in [0.15, 0.2) is 48.8 Å². The molecule has 2 aliphatic rings. The Morgan fingerprint density at radius 2 is 1.73 bits per heavy atom. The van der Waals surface area contributed by atoms with Crippen LogP contribution in [0.5, 0.6) is 0 Å². The number of amides is 2. The second kappa shape index (κ2) is 7.75. The summed E-state index contributed by atoms with van der Waals surface area (Å²) in [6.45, 7) is 3.29. The van der Waals surface area contributed by atoms with Crippen molar-refractivity contribution in [1.29, 1.82) is 0 Å². The third-order valence-corrected chi connectivity index (χ3v) is 5.29. The van der Waals surface area contributed by atoms with Gasteiger partial charge in [-0.15, -0.1) is 0 Å². The van der Waals surface area contributed by atoms with E-state index in [9.17, 15) is 9.18 Å². The van der Waals surface area contributed by atoms with Crippen LogP contribution >= 0.6 is 0 Å². The Labute approximate surface area is 172 Å². The van der Waals surface area contributed by atoms with Gasteiger partial charge in [0, 0.05) is 49.7 Å². The van der Waals surface area contributed by atoms with Gasteiger partial charge in [0.1, 0.15) is 11.5 Å². The first-order chi connectivity index (χ1) is 14.7. The van der Waals surface area contributed by atoms with Crippen molar-refractivity contribution in [2.24, 2.45) is 0 Å². The topological polar surface area (TPSA) is 75.5 Å². The van der Waals surface area contributed by atoms with Gasteiger partial charge >= 0.3 is 6.03 Å². The quantitative estimate of drug-likeness (QED) is 0.705. The number of anilines is 1. The molecule has 1 saturated heterocycles. The molecule has 4 heterocycles. The molecule has 8 nitrogen and oxygen atoms in total. The molecule has 0 atom stereocenters. The molecule has 3 aromatic rings. The van der Waals surface area contributed by atoms with Crippen molar-refractivity contribution in [3.63, 3.8) is 0 Å². The predicted octanol–water partition coefficient (Wildman–Crippen LogP) is 2.57. The van der Waals surface area contributed by atoms with E-state index >= 15 is 0 Å². The predicted molar refractivity (Wildman–Crippen MR) is 110 cm³/mol. The number of aromatic nitrogens is 3. The zero-order valence-corrected chi connectivity index (χ0v) is 16.3. The van der Waals surface area contributed by atoms with Crippen molar-refractivity contribution >= 4 is 12.0 Å². The summed E-state index contributed by atoms with van der Waals surface area (Å²) in [5, 5.41) is 0. The molecule has 0 radical (unpaired) electrons. The minimum atomic E-state index is -0.310. The van der Waals surface area contributed by atoms with E-state index in [-0.39, 0.29) is 11.8 Å². The van der Waals surface area contributed by atoms with E-state index in [0.29, 0.717) is 51.0 Å². The fourth-order valence-corrected chi connectivity index (χ4v) is 3.80. The number of hydrogen-bond acceptors (Lipinski definition) is 5. The van der Waals surface area contributed by atoms with Gasteiger partial charge in [0.05, 0.1) is 18.9 Å². The Hall–Kier alpha value is -3.46. The molecule has 0 aliphatic carbocycles. The van der Waals surface area contributed by atoms with E-state index in [1.54, 1.807) is 34.3 Å². The number of carbonyl (C=O) groups excluding carboxylic acids is 1. The zero-order valence-electron chi connectivity index (χ0n) is 16.3. The van der Waals surface area contributed by atoms with E-state index < -0.39 is 0 Å². The second-order valence-electron chi connectivity index (χ2n) is 7.13. The van der Waals surface area contributed by atoms with Crippen molar-refractivity contribution < 1.29 is 13.9 Å². The number of nitrogens with one attached hydrogen (secondary N) is 1. The number of ether oxygens (including phenoxy) is 1. The molecule has 2 aliphatic heterocycles. The van der Waals surface area contributed by atoms with Gasteiger partial charge in [0.2, 0.25) is 5.95 Å². The summed E-state index contributed by atoms with van der Waals surface area (Å²) < 4.78 is 20.7. The summed E-state index contributed by atoms with van der Waals surface area (Å²) >= 11 is 0. The number of halogens is 1. The first-order valence-electron chi connectivity index (χ1n) is 9.89. The summed E-state index contributed by atoms with van der Waals surface area (Å²) in [7, 11) is 0. The van der Waals surface area contributed by atoms with Gasteiger partial charge in [-0.1, -0.05) is 0 Å². The number of morpholine rings is 1. The molecule has 2 aromatic heterocycles. The normalized spacial score (nSPS) is 16.2. The lowest BCUT2D eigenvalue weighted by Crippen LogP contribution is -2.52. The SMILES string of the molecule is O=C(N1CCOCC1)N1CCNn2c1nc(-c1ccc(F)cc1)c2-c1ccncc1. The average Bonchev–Trinajstić information content (AvgIpc) is 3.20. The third kappa shape index (κ3) is 3.26. The highest BCUT2D eigenvalue weighted by molar-refractivity contribution is 5.93. The van der Waals surface area contributed by atoms with Crippen LogP contribution in [0.1, 0.15) is 0 Å². The Morgan fingerprint density at radius 1 is 1.00 bits per heavy atom. The van der Waals surface area contributed by atoms with Crippen molar-refractivity contribution in [3.8, 4) is 22.5 Å². The fraction of sp³-hybridized carbons (Fsp3) is 0.286. The lowest BCUT2D eigenvalue weighted by atomic mass is 10.1. The molecule has 0 unspecified atom stereocenters. The number of hydrogen-bond donors (Lipinski definition) is 1. The number of rotatable bonds is 2. The molecule has 0 spiro atoms. The molecule has 1 fully saturated rings. The van der Waals surface area contributed by atoms with Crippen LogP contribution in [0.3, 0.4) is 0 Å². The van der Waals surface area contributed by atoms with E-state index in [0.717, 1.165) is 16.8 Å². The highest BCUT2D eigenvalue weighted by Gasteiger charge is 2.32. The maximum atomic E-state index is 13.5. The smallest absolute Gasteiger partial charge is 0.327 e. The monoisotopic (exact) mass is 408 g/mol. The summed E-state index contributed by atoms with van der Waals surface area (Å²) in [4.78, 5) is 25.6. The second-order valence-corrected chi connectivity index (χ2v) is 7.13. The van der Waals surface area contributed by atoms with Gasteiger partial charge in [0.15, 0.2) is 0 Å². The Morgan fingerprint density at radius 3 is 2.47 bits per heavy atom. The largest absolute Gasteiger partial charge is 0.378 e. The summed E-state index contributed by atoms with van der Waals surface area (Å²) in [5.74, 6) is 0.208. The van der Waals surface area contributed by atoms with Crippen molar-refractivity contribution in [1.82, 2.24) is 19.5 Å². The molecule has 0 bridgehead atoms. The Kier molecular flexibility index (Phi) is 4.80. The van der Waals surface area contributed by atoms with E-state index in [1.807, 2.05) is 16.8 Å². The first kappa shape index (κ1) is 18.6. The van der Waals surface area contributed by atoms with Crippen molar-refractivity contribution in [2.75, 3.05) is 49.7 Å². The molecule has 1 aromatic carbocycles. The maximum Gasteiger partial charge on any atom is 0.327 e. The lowest BCUT2D eigenvalue weighted by Gasteiger charge is -2.35. The standard InChI is InChI=1S/C21H21FN6O2/c22-17-3-1-15(2-4-17)18-19(16-5-7-23-8-6-16)28-20(25-18)27(10-9-24-28)21(29)26-11-13-30-14-12-26/h1-8,24H,9-14H2. The van der Waals surface area contributed by atoms with Crippen LogP contribution in [0.4, 0.5) is 15.1 Å². The highest BCUT2D eigenvalue weighted by atomic mass is 19.1. The van der Waals surface area contributed by atoms with Crippen molar-refractivity contribution in [2.45, 2.75) is 0 Å². The Bertz CT molecular complexity index is 1050. The minimum Gasteiger partial charge on any atom is -0.378 e. The van der Waals surface area contributed by atoms with Crippen LogP contribution in [0, 0.1) is 5.82 Å². The van der Waals surface area contributed by atoms with Crippen LogP contribution < -0.4 is 10.3 Å². The summed E-state index contributed by atoms with van der Waals surface area (Å²) in [6, 6.07) is 9.91. The average molecular weight is 408 g/mol.